The van der Waals surface area contributed by atoms with Crippen molar-refractivity contribution in [3.63, 3.8) is 0 Å². The lowest BCUT2D eigenvalue weighted by atomic mass is 10.2. The second-order valence-electron chi connectivity index (χ2n) is 4.23. The van der Waals surface area contributed by atoms with Gasteiger partial charge in [0, 0.05) is 19.1 Å². The van der Waals surface area contributed by atoms with Crippen LogP contribution in [0.2, 0.25) is 5.02 Å². The molecule has 0 radical (unpaired) electrons. The van der Waals surface area contributed by atoms with E-state index in [0.29, 0.717) is 18.3 Å². The molecule has 0 amide bonds. The van der Waals surface area contributed by atoms with Gasteiger partial charge in [0.1, 0.15) is 5.02 Å². The molecule has 0 aromatic carbocycles. The SMILES string of the molecule is CCCn1ncc(NC2CCNC2)c(Cl)c1=O. The van der Waals surface area contributed by atoms with Gasteiger partial charge in [0.15, 0.2) is 0 Å². The molecule has 1 aliphatic heterocycles. The van der Waals surface area contributed by atoms with Gasteiger partial charge >= 0.3 is 0 Å². The van der Waals surface area contributed by atoms with Crippen LogP contribution in [0.25, 0.3) is 0 Å². The van der Waals surface area contributed by atoms with Crippen LogP contribution in [0.3, 0.4) is 0 Å². The van der Waals surface area contributed by atoms with Gasteiger partial charge in [0.05, 0.1) is 11.9 Å². The maximum atomic E-state index is 11.9. The minimum Gasteiger partial charge on any atom is -0.378 e. The highest BCUT2D eigenvalue weighted by Crippen LogP contribution is 2.17. The van der Waals surface area contributed by atoms with Crippen molar-refractivity contribution in [1.29, 1.82) is 0 Å². The van der Waals surface area contributed by atoms with Crippen molar-refractivity contribution < 1.29 is 0 Å². The Morgan fingerprint density at radius 2 is 2.53 bits per heavy atom. The number of hydrogen-bond acceptors (Lipinski definition) is 4. The number of hydrogen-bond donors (Lipinski definition) is 2. The molecule has 0 spiro atoms. The molecule has 1 atom stereocenters. The van der Waals surface area contributed by atoms with Crippen LogP contribution in [-0.2, 0) is 6.54 Å². The van der Waals surface area contributed by atoms with Crippen molar-refractivity contribution in [2.45, 2.75) is 32.4 Å². The molecule has 1 unspecified atom stereocenters. The number of aryl methyl sites for hydroxylation is 1. The Bertz CT molecular complexity index is 440. The summed E-state index contributed by atoms with van der Waals surface area (Å²) < 4.78 is 1.40. The lowest BCUT2D eigenvalue weighted by Gasteiger charge is -2.14. The first-order valence-corrected chi connectivity index (χ1v) is 6.33. The van der Waals surface area contributed by atoms with Gasteiger partial charge in [-0.1, -0.05) is 18.5 Å². The Balaban J connectivity index is 2.18. The van der Waals surface area contributed by atoms with E-state index >= 15 is 0 Å². The molecule has 1 aromatic heterocycles. The lowest BCUT2D eigenvalue weighted by molar-refractivity contribution is 0.568. The summed E-state index contributed by atoms with van der Waals surface area (Å²) in [6, 6.07) is 0.329. The molecule has 2 heterocycles. The molecule has 0 aliphatic carbocycles. The zero-order valence-electron chi connectivity index (χ0n) is 9.87. The first kappa shape index (κ1) is 12.4. The number of rotatable bonds is 4. The summed E-state index contributed by atoms with van der Waals surface area (Å²) in [4.78, 5) is 11.9. The predicted octanol–water partition coefficient (Wildman–Crippen LogP) is 1.08. The van der Waals surface area contributed by atoms with E-state index in [-0.39, 0.29) is 10.6 Å². The third-order valence-electron chi connectivity index (χ3n) is 2.84. The van der Waals surface area contributed by atoms with Crippen LogP contribution >= 0.6 is 11.6 Å². The molecule has 6 heteroatoms. The molecular weight excluding hydrogens is 240 g/mol. The first-order valence-electron chi connectivity index (χ1n) is 5.95. The van der Waals surface area contributed by atoms with Crippen LogP contribution in [0.1, 0.15) is 19.8 Å². The van der Waals surface area contributed by atoms with Crippen LogP contribution in [0.4, 0.5) is 5.69 Å². The van der Waals surface area contributed by atoms with Crippen LogP contribution in [-0.4, -0.2) is 28.9 Å². The summed E-state index contributed by atoms with van der Waals surface area (Å²) in [6.45, 7) is 4.49. The zero-order valence-corrected chi connectivity index (χ0v) is 10.6. The van der Waals surface area contributed by atoms with E-state index in [1.807, 2.05) is 6.92 Å². The van der Waals surface area contributed by atoms with Gasteiger partial charge in [-0.15, -0.1) is 0 Å². The molecule has 0 saturated carbocycles. The van der Waals surface area contributed by atoms with Crippen LogP contribution in [0.15, 0.2) is 11.0 Å². The fourth-order valence-electron chi connectivity index (χ4n) is 1.93. The Hall–Kier alpha value is -1.07. The summed E-state index contributed by atoms with van der Waals surface area (Å²) in [5.74, 6) is 0. The predicted molar refractivity (Wildman–Crippen MR) is 68.7 cm³/mol. The van der Waals surface area contributed by atoms with Gasteiger partial charge in [-0.25, -0.2) is 4.68 Å². The Morgan fingerprint density at radius 3 is 3.18 bits per heavy atom. The van der Waals surface area contributed by atoms with E-state index in [9.17, 15) is 4.79 Å². The molecule has 94 valence electrons. The standard InChI is InChI=1S/C11H17ClN4O/c1-2-5-16-11(17)10(12)9(7-14-16)15-8-3-4-13-6-8/h7-8,13,15H,2-6H2,1H3. The largest absolute Gasteiger partial charge is 0.378 e. The summed E-state index contributed by atoms with van der Waals surface area (Å²) in [5, 5.41) is 10.8. The van der Waals surface area contributed by atoms with Crippen molar-refractivity contribution in [3.8, 4) is 0 Å². The molecular formula is C11H17ClN4O. The van der Waals surface area contributed by atoms with Crippen molar-refractivity contribution in [3.05, 3.63) is 21.6 Å². The van der Waals surface area contributed by atoms with Gasteiger partial charge in [-0.2, -0.15) is 5.10 Å². The van der Waals surface area contributed by atoms with E-state index in [0.717, 1.165) is 25.9 Å². The fraction of sp³-hybridized carbons (Fsp3) is 0.636. The molecule has 2 N–H and O–H groups in total. The summed E-state index contributed by atoms with van der Waals surface area (Å²) in [5.41, 5.74) is 0.419. The van der Waals surface area contributed by atoms with Gasteiger partial charge in [0.2, 0.25) is 0 Å². The van der Waals surface area contributed by atoms with E-state index in [1.54, 1.807) is 6.20 Å². The highest BCUT2D eigenvalue weighted by Gasteiger charge is 2.17. The normalized spacial score (nSPS) is 19.5. The number of nitrogens with one attached hydrogen (secondary N) is 2. The maximum Gasteiger partial charge on any atom is 0.287 e. The Morgan fingerprint density at radius 1 is 1.71 bits per heavy atom. The topological polar surface area (TPSA) is 59.0 Å². The molecule has 0 bridgehead atoms. The number of aromatic nitrogens is 2. The van der Waals surface area contributed by atoms with E-state index < -0.39 is 0 Å². The number of halogens is 1. The third-order valence-corrected chi connectivity index (χ3v) is 3.21. The number of nitrogens with zero attached hydrogens (tertiary/aromatic N) is 2. The molecule has 1 fully saturated rings. The fourth-order valence-corrected chi connectivity index (χ4v) is 2.14. The maximum absolute atomic E-state index is 11.9. The molecule has 2 rings (SSSR count). The average molecular weight is 257 g/mol. The molecule has 17 heavy (non-hydrogen) atoms. The zero-order chi connectivity index (χ0) is 12.3. The van der Waals surface area contributed by atoms with Crippen LogP contribution < -0.4 is 16.2 Å². The van der Waals surface area contributed by atoms with E-state index in [2.05, 4.69) is 15.7 Å². The van der Waals surface area contributed by atoms with Crippen LogP contribution in [0, 0.1) is 0 Å². The lowest BCUT2D eigenvalue weighted by Crippen LogP contribution is -2.27. The summed E-state index contributed by atoms with van der Waals surface area (Å²) in [7, 11) is 0. The highest BCUT2D eigenvalue weighted by atomic mass is 35.5. The Kier molecular flexibility index (Phi) is 4.02. The first-order chi connectivity index (χ1) is 8.22. The smallest absolute Gasteiger partial charge is 0.287 e. The third kappa shape index (κ3) is 2.79. The van der Waals surface area contributed by atoms with Crippen molar-refractivity contribution in [2.75, 3.05) is 18.4 Å². The second-order valence-corrected chi connectivity index (χ2v) is 4.61. The molecule has 5 nitrogen and oxygen atoms in total. The molecule has 1 saturated heterocycles. The average Bonchev–Trinajstić information content (AvgIpc) is 2.82. The summed E-state index contributed by atoms with van der Waals surface area (Å²) >= 11 is 6.06. The number of anilines is 1. The molecule has 1 aliphatic rings. The van der Waals surface area contributed by atoms with Gasteiger partial charge in [0.25, 0.3) is 5.56 Å². The van der Waals surface area contributed by atoms with Crippen molar-refractivity contribution >= 4 is 17.3 Å². The summed E-state index contributed by atoms with van der Waals surface area (Å²) in [6.07, 6.45) is 3.54. The van der Waals surface area contributed by atoms with Crippen LogP contribution in [0.5, 0.6) is 0 Å². The van der Waals surface area contributed by atoms with Crippen molar-refractivity contribution in [1.82, 2.24) is 15.1 Å². The second kappa shape index (κ2) is 5.51. The van der Waals surface area contributed by atoms with Gasteiger partial charge < -0.3 is 10.6 Å². The quantitative estimate of drug-likeness (QED) is 0.847. The van der Waals surface area contributed by atoms with Crippen molar-refractivity contribution in [2.24, 2.45) is 0 Å². The molecule has 1 aromatic rings. The highest BCUT2D eigenvalue weighted by molar-refractivity contribution is 6.32. The van der Waals surface area contributed by atoms with Gasteiger partial charge in [-0.05, 0) is 19.4 Å². The van der Waals surface area contributed by atoms with E-state index in [4.69, 9.17) is 11.6 Å². The monoisotopic (exact) mass is 256 g/mol. The minimum atomic E-state index is -0.218. The minimum absolute atomic E-state index is 0.218. The van der Waals surface area contributed by atoms with E-state index in [1.165, 1.54) is 4.68 Å². The van der Waals surface area contributed by atoms with Gasteiger partial charge in [-0.3, -0.25) is 4.79 Å². The Labute approximate surface area is 105 Å².